The lowest BCUT2D eigenvalue weighted by atomic mass is 10.3. The van der Waals surface area contributed by atoms with Gasteiger partial charge in [0, 0.05) is 0 Å². The van der Waals surface area contributed by atoms with Crippen molar-refractivity contribution in [2.24, 2.45) is 5.73 Å². The number of nitrogens with two attached hydrogens (primary N) is 1. The first-order valence-corrected chi connectivity index (χ1v) is 3.84. The van der Waals surface area contributed by atoms with Crippen molar-refractivity contribution in [1.29, 1.82) is 0 Å². The normalized spacial score (nSPS) is 29.3. The number of hydrogen-bond donors (Lipinski definition) is 1. The van der Waals surface area contributed by atoms with E-state index in [0.29, 0.717) is 6.17 Å². The molecule has 0 aromatic carbocycles. The van der Waals surface area contributed by atoms with Gasteiger partial charge in [-0.3, -0.25) is 4.90 Å². The highest BCUT2D eigenvalue weighted by Gasteiger charge is 2.18. The largest absolute Gasteiger partial charge is 0.316 e. The van der Waals surface area contributed by atoms with Crippen LogP contribution < -0.4 is 5.73 Å². The molecule has 54 valence electrons. The van der Waals surface area contributed by atoms with Gasteiger partial charge in [-0.05, 0) is 32.4 Å². The molecule has 0 saturated carbocycles. The third-order valence-electron chi connectivity index (χ3n) is 1.93. The summed E-state index contributed by atoms with van der Waals surface area (Å²) in [6.45, 7) is 4.60. The Labute approximate surface area is 57.0 Å². The lowest BCUT2D eigenvalue weighted by molar-refractivity contribution is 0.259. The molecule has 1 saturated heterocycles. The summed E-state index contributed by atoms with van der Waals surface area (Å²) in [4.78, 5) is 2.36. The first-order valence-electron chi connectivity index (χ1n) is 3.84. The molecule has 9 heavy (non-hydrogen) atoms. The summed E-state index contributed by atoms with van der Waals surface area (Å²) >= 11 is 0. The molecule has 0 bridgehead atoms. The highest BCUT2D eigenvalue weighted by Crippen LogP contribution is 2.11. The molecule has 2 nitrogen and oxygen atoms in total. The Morgan fingerprint density at radius 2 is 2.44 bits per heavy atom. The van der Waals surface area contributed by atoms with Crippen LogP contribution in [0.2, 0.25) is 0 Å². The van der Waals surface area contributed by atoms with E-state index >= 15 is 0 Å². The predicted octanol–water partition coefficient (Wildman–Crippen LogP) is 0.777. The Hall–Kier alpha value is -0.0800. The second-order valence-electron chi connectivity index (χ2n) is 2.75. The molecule has 2 heteroatoms. The molecular weight excluding hydrogens is 112 g/mol. The Morgan fingerprint density at radius 3 is 2.89 bits per heavy atom. The molecule has 1 aliphatic rings. The van der Waals surface area contributed by atoms with Crippen molar-refractivity contribution in [3.05, 3.63) is 0 Å². The van der Waals surface area contributed by atoms with E-state index in [1.807, 2.05) is 0 Å². The van der Waals surface area contributed by atoms with Crippen molar-refractivity contribution in [2.45, 2.75) is 32.4 Å². The zero-order valence-corrected chi connectivity index (χ0v) is 6.14. The van der Waals surface area contributed by atoms with E-state index in [-0.39, 0.29) is 0 Å². The third kappa shape index (κ3) is 1.66. The molecule has 0 aliphatic carbocycles. The van der Waals surface area contributed by atoms with Gasteiger partial charge in [0.1, 0.15) is 0 Å². The van der Waals surface area contributed by atoms with Crippen molar-refractivity contribution in [3.63, 3.8) is 0 Å². The lowest BCUT2D eigenvalue weighted by Gasteiger charge is -2.18. The SMILES string of the molecule is CCCN1CCCC1N. The fourth-order valence-corrected chi connectivity index (χ4v) is 1.42. The van der Waals surface area contributed by atoms with Crippen LogP contribution in [0.15, 0.2) is 0 Å². The summed E-state index contributed by atoms with van der Waals surface area (Å²) in [6, 6.07) is 0. The second kappa shape index (κ2) is 3.18. The van der Waals surface area contributed by atoms with E-state index in [4.69, 9.17) is 5.73 Å². The lowest BCUT2D eigenvalue weighted by Crippen LogP contribution is -2.36. The molecule has 0 aromatic heterocycles. The van der Waals surface area contributed by atoms with Gasteiger partial charge in [0.05, 0.1) is 6.17 Å². The second-order valence-corrected chi connectivity index (χ2v) is 2.75. The van der Waals surface area contributed by atoms with Crippen molar-refractivity contribution < 1.29 is 0 Å². The standard InChI is InChI=1S/C7H16N2/c1-2-5-9-6-3-4-7(9)8/h7H,2-6,8H2,1H3. The zero-order chi connectivity index (χ0) is 6.69. The van der Waals surface area contributed by atoms with Crippen LogP contribution in [0, 0.1) is 0 Å². The molecule has 0 spiro atoms. The van der Waals surface area contributed by atoms with Gasteiger partial charge in [-0.1, -0.05) is 6.92 Å². The van der Waals surface area contributed by atoms with Crippen LogP contribution in [-0.4, -0.2) is 24.2 Å². The molecule has 1 aliphatic heterocycles. The predicted molar refractivity (Wildman–Crippen MR) is 39.1 cm³/mol. The van der Waals surface area contributed by atoms with Crippen molar-refractivity contribution in [1.82, 2.24) is 4.90 Å². The Bertz CT molecular complexity index is 83.0. The van der Waals surface area contributed by atoms with Crippen LogP contribution >= 0.6 is 0 Å². The molecule has 1 heterocycles. The number of hydrogen-bond acceptors (Lipinski definition) is 2. The van der Waals surface area contributed by atoms with Gasteiger partial charge in [0.15, 0.2) is 0 Å². The van der Waals surface area contributed by atoms with Gasteiger partial charge in [-0.25, -0.2) is 0 Å². The third-order valence-corrected chi connectivity index (χ3v) is 1.93. The molecule has 0 amide bonds. The number of nitrogens with zero attached hydrogens (tertiary/aromatic N) is 1. The van der Waals surface area contributed by atoms with Gasteiger partial charge in [0.25, 0.3) is 0 Å². The molecule has 1 atom stereocenters. The van der Waals surface area contributed by atoms with Gasteiger partial charge < -0.3 is 5.73 Å². The maximum absolute atomic E-state index is 5.79. The topological polar surface area (TPSA) is 29.3 Å². The van der Waals surface area contributed by atoms with E-state index in [0.717, 1.165) is 0 Å². The van der Waals surface area contributed by atoms with E-state index in [1.54, 1.807) is 0 Å². The maximum Gasteiger partial charge on any atom is 0.0572 e. The van der Waals surface area contributed by atoms with Gasteiger partial charge in [-0.15, -0.1) is 0 Å². The summed E-state index contributed by atoms with van der Waals surface area (Å²) in [5, 5.41) is 0. The Kier molecular flexibility index (Phi) is 2.49. The summed E-state index contributed by atoms with van der Waals surface area (Å²) in [7, 11) is 0. The highest BCUT2D eigenvalue weighted by atomic mass is 15.2. The maximum atomic E-state index is 5.79. The average Bonchev–Trinajstić information content (AvgIpc) is 2.18. The average molecular weight is 128 g/mol. The van der Waals surface area contributed by atoms with Crippen molar-refractivity contribution in [3.8, 4) is 0 Å². The Balaban J connectivity index is 2.22. The molecule has 1 unspecified atom stereocenters. The van der Waals surface area contributed by atoms with Gasteiger partial charge in [0.2, 0.25) is 0 Å². The van der Waals surface area contributed by atoms with E-state index in [9.17, 15) is 0 Å². The van der Waals surface area contributed by atoms with Crippen LogP contribution in [0.3, 0.4) is 0 Å². The number of rotatable bonds is 2. The van der Waals surface area contributed by atoms with E-state index in [2.05, 4.69) is 11.8 Å². The van der Waals surface area contributed by atoms with E-state index in [1.165, 1.54) is 32.4 Å². The zero-order valence-electron chi connectivity index (χ0n) is 6.14. The Morgan fingerprint density at radius 1 is 1.67 bits per heavy atom. The number of likely N-dealkylation sites (tertiary alicyclic amines) is 1. The molecule has 0 radical (unpaired) electrons. The molecule has 2 N–H and O–H groups in total. The van der Waals surface area contributed by atoms with Gasteiger partial charge in [-0.2, -0.15) is 0 Å². The summed E-state index contributed by atoms with van der Waals surface area (Å²) in [5.41, 5.74) is 5.79. The minimum atomic E-state index is 0.366. The van der Waals surface area contributed by atoms with Crippen LogP contribution in [0.25, 0.3) is 0 Å². The van der Waals surface area contributed by atoms with Crippen LogP contribution in [0.4, 0.5) is 0 Å². The minimum absolute atomic E-state index is 0.366. The summed E-state index contributed by atoms with van der Waals surface area (Å²) in [5.74, 6) is 0. The van der Waals surface area contributed by atoms with Crippen LogP contribution in [-0.2, 0) is 0 Å². The van der Waals surface area contributed by atoms with Crippen LogP contribution in [0.5, 0.6) is 0 Å². The summed E-state index contributed by atoms with van der Waals surface area (Å²) in [6.07, 6.45) is 4.08. The fraction of sp³-hybridized carbons (Fsp3) is 1.00. The molecule has 0 aromatic rings. The van der Waals surface area contributed by atoms with Crippen molar-refractivity contribution >= 4 is 0 Å². The van der Waals surface area contributed by atoms with Crippen molar-refractivity contribution in [2.75, 3.05) is 13.1 Å². The molecular formula is C7H16N2. The fourth-order valence-electron chi connectivity index (χ4n) is 1.42. The molecule has 1 fully saturated rings. The smallest absolute Gasteiger partial charge is 0.0572 e. The quantitative estimate of drug-likeness (QED) is 0.595. The first kappa shape index (κ1) is 7.03. The molecule has 1 rings (SSSR count). The highest BCUT2D eigenvalue weighted by molar-refractivity contribution is 4.72. The first-order chi connectivity index (χ1) is 4.34. The van der Waals surface area contributed by atoms with Crippen LogP contribution in [0.1, 0.15) is 26.2 Å². The summed E-state index contributed by atoms with van der Waals surface area (Å²) < 4.78 is 0. The van der Waals surface area contributed by atoms with Gasteiger partial charge >= 0.3 is 0 Å². The minimum Gasteiger partial charge on any atom is -0.316 e. The monoisotopic (exact) mass is 128 g/mol. The van der Waals surface area contributed by atoms with E-state index < -0.39 is 0 Å².